The van der Waals surface area contributed by atoms with Gasteiger partial charge in [0.2, 0.25) is 5.91 Å². The Hall–Kier alpha value is -2.07. The van der Waals surface area contributed by atoms with Gasteiger partial charge < -0.3 is 15.1 Å². The van der Waals surface area contributed by atoms with Gasteiger partial charge in [-0.25, -0.2) is 0 Å². The summed E-state index contributed by atoms with van der Waals surface area (Å²) in [6, 6.07) is 9.81. The monoisotopic (exact) mass is 286 g/mol. The van der Waals surface area contributed by atoms with Crippen molar-refractivity contribution in [1.29, 1.82) is 0 Å². The van der Waals surface area contributed by atoms with Crippen LogP contribution >= 0.6 is 0 Å². The number of amides is 1. The molecule has 0 aliphatic rings. The second-order valence-corrected chi connectivity index (χ2v) is 5.40. The highest BCUT2D eigenvalue weighted by atomic mass is 16.3. The minimum Gasteiger partial charge on any atom is -0.467 e. The summed E-state index contributed by atoms with van der Waals surface area (Å²) >= 11 is 0. The number of carbonyl (C=O) groups is 1. The lowest BCUT2D eigenvalue weighted by atomic mass is 10.1. The number of aryl methyl sites for hydroxylation is 2. The molecule has 0 fully saturated rings. The Labute approximate surface area is 125 Å². The number of nitrogens with one attached hydrogen (secondary N) is 2. The first-order valence-electron chi connectivity index (χ1n) is 7.15. The first-order chi connectivity index (χ1) is 10.0. The van der Waals surface area contributed by atoms with Gasteiger partial charge in [-0.05, 0) is 38.5 Å². The zero-order valence-corrected chi connectivity index (χ0v) is 12.8. The smallest absolute Gasteiger partial charge is 0.237 e. The Morgan fingerprint density at radius 1 is 1.19 bits per heavy atom. The fourth-order valence-corrected chi connectivity index (χ4v) is 2.28. The molecule has 2 N–H and O–H groups in total. The highest BCUT2D eigenvalue weighted by Gasteiger charge is 2.12. The van der Waals surface area contributed by atoms with E-state index in [9.17, 15) is 4.79 Å². The lowest BCUT2D eigenvalue weighted by Gasteiger charge is -2.14. The number of furan rings is 1. The maximum Gasteiger partial charge on any atom is 0.237 e. The van der Waals surface area contributed by atoms with E-state index in [4.69, 9.17) is 4.42 Å². The third-order valence-electron chi connectivity index (χ3n) is 3.30. The normalized spacial score (nSPS) is 12.1. The first-order valence-corrected chi connectivity index (χ1v) is 7.15. The molecule has 21 heavy (non-hydrogen) atoms. The molecule has 112 valence electrons. The molecule has 2 rings (SSSR count). The molecular weight excluding hydrogens is 264 g/mol. The van der Waals surface area contributed by atoms with E-state index < -0.39 is 0 Å². The van der Waals surface area contributed by atoms with Gasteiger partial charge in [0.05, 0.1) is 18.8 Å². The molecule has 0 saturated heterocycles. The number of hydrogen-bond donors (Lipinski definition) is 2. The Kier molecular flexibility index (Phi) is 5.17. The van der Waals surface area contributed by atoms with Crippen molar-refractivity contribution in [3.05, 3.63) is 59.0 Å². The number of hydrogen-bond acceptors (Lipinski definition) is 3. The zero-order chi connectivity index (χ0) is 15.2. The fraction of sp³-hybridized carbons (Fsp3) is 0.353. The van der Waals surface area contributed by atoms with E-state index in [1.54, 1.807) is 6.26 Å². The summed E-state index contributed by atoms with van der Waals surface area (Å²) in [7, 11) is 0. The molecule has 0 radical (unpaired) electrons. The third kappa shape index (κ3) is 4.76. The molecule has 1 heterocycles. The summed E-state index contributed by atoms with van der Waals surface area (Å²) in [6.45, 7) is 7.12. The van der Waals surface area contributed by atoms with Gasteiger partial charge in [-0.15, -0.1) is 0 Å². The van der Waals surface area contributed by atoms with E-state index in [1.807, 2.05) is 19.1 Å². The van der Waals surface area contributed by atoms with Crippen molar-refractivity contribution in [1.82, 2.24) is 10.6 Å². The van der Waals surface area contributed by atoms with E-state index in [0.29, 0.717) is 13.1 Å². The standard InChI is InChI=1S/C17H22N2O2/c1-12-7-13(2)9-15(8-12)10-18-14(3)17(20)19-11-16-5-4-6-21-16/h4-9,14,18H,10-11H2,1-3H3,(H,19,20). The van der Waals surface area contributed by atoms with Crippen molar-refractivity contribution in [2.75, 3.05) is 0 Å². The molecular formula is C17H22N2O2. The van der Waals surface area contributed by atoms with Crippen LogP contribution in [0.15, 0.2) is 41.0 Å². The maximum absolute atomic E-state index is 12.0. The first kappa shape index (κ1) is 15.3. The maximum atomic E-state index is 12.0. The zero-order valence-electron chi connectivity index (χ0n) is 12.8. The fourth-order valence-electron chi connectivity index (χ4n) is 2.28. The van der Waals surface area contributed by atoms with Gasteiger partial charge in [0.25, 0.3) is 0 Å². The van der Waals surface area contributed by atoms with Crippen molar-refractivity contribution >= 4 is 5.91 Å². The SMILES string of the molecule is Cc1cc(C)cc(CNC(C)C(=O)NCc2ccco2)c1. The molecule has 0 aliphatic heterocycles. The van der Waals surface area contributed by atoms with Crippen LogP contribution in [0.2, 0.25) is 0 Å². The van der Waals surface area contributed by atoms with E-state index in [1.165, 1.54) is 16.7 Å². The number of rotatable bonds is 6. The van der Waals surface area contributed by atoms with Gasteiger partial charge >= 0.3 is 0 Å². The van der Waals surface area contributed by atoms with Crippen molar-refractivity contribution < 1.29 is 9.21 Å². The van der Waals surface area contributed by atoms with Crippen LogP contribution < -0.4 is 10.6 Å². The van der Waals surface area contributed by atoms with Crippen molar-refractivity contribution in [2.24, 2.45) is 0 Å². The Morgan fingerprint density at radius 3 is 2.52 bits per heavy atom. The van der Waals surface area contributed by atoms with Gasteiger partial charge in [0.15, 0.2) is 0 Å². The average molecular weight is 286 g/mol. The molecule has 4 nitrogen and oxygen atoms in total. The Bertz CT molecular complexity index is 571. The molecule has 0 aliphatic carbocycles. The summed E-state index contributed by atoms with van der Waals surface area (Å²) < 4.78 is 5.18. The van der Waals surface area contributed by atoms with Gasteiger partial charge in [-0.1, -0.05) is 29.3 Å². The largest absolute Gasteiger partial charge is 0.467 e. The van der Waals surface area contributed by atoms with E-state index in [0.717, 1.165) is 5.76 Å². The van der Waals surface area contributed by atoms with E-state index >= 15 is 0 Å². The minimum absolute atomic E-state index is 0.0317. The number of benzene rings is 1. The van der Waals surface area contributed by atoms with Crippen molar-refractivity contribution in [3.8, 4) is 0 Å². The molecule has 1 atom stereocenters. The van der Waals surface area contributed by atoms with Crippen LogP contribution in [0, 0.1) is 13.8 Å². The highest BCUT2D eigenvalue weighted by molar-refractivity contribution is 5.81. The van der Waals surface area contributed by atoms with Gasteiger partial charge in [0, 0.05) is 6.54 Å². The molecule has 0 bridgehead atoms. The van der Waals surface area contributed by atoms with Gasteiger partial charge in [-0.2, -0.15) is 0 Å². The van der Waals surface area contributed by atoms with Crippen LogP contribution in [-0.2, 0) is 17.9 Å². The second-order valence-electron chi connectivity index (χ2n) is 5.40. The van der Waals surface area contributed by atoms with Crippen molar-refractivity contribution in [3.63, 3.8) is 0 Å². The third-order valence-corrected chi connectivity index (χ3v) is 3.30. The Morgan fingerprint density at radius 2 is 1.90 bits per heavy atom. The van der Waals surface area contributed by atoms with Crippen LogP contribution in [0.5, 0.6) is 0 Å². The van der Waals surface area contributed by atoms with Crippen LogP contribution in [0.4, 0.5) is 0 Å². The second kappa shape index (κ2) is 7.09. The average Bonchev–Trinajstić information content (AvgIpc) is 2.94. The van der Waals surface area contributed by atoms with Crippen LogP contribution in [-0.4, -0.2) is 11.9 Å². The molecule has 0 spiro atoms. The topological polar surface area (TPSA) is 54.3 Å². The van der Waals surface area contributed by atoms with E-state index in [2.05, 4.69) is 42.7 Å². The Balaban J connectivity index is 1.80. The number of carbonyl (C=O) groups excluding carboxylic acids is 1. The summed E-state index contributed by atoms with van der Waals surface area (Å²) in [6.07, 6.45) is 1.60. The molecule has 1 amide bonds. The summed E-state index contributed by atoms with van der Waals surface area (Å²) in [5.74, 6) is 0.723. The lowest BCUT2D eigenvalue weighted by molar-refractivity contribution is -0.123. The predicted molar refractivity (Wildman–Crippen MR) is 82.8 cm³/mol. The molecule has 1 aromatic heterocycles. The highest BCUT2D eigenvalue weighted by Crippen LogP contribution is 2.08. The quantitative estimate of drug-likeness (QED) is 0.858. The summed E-state index contributed by atoms with van der Waals surface area (Å²) in [5, 5.41) is 6.09. The van der Waals surface area contributed by atoms with Crippen molar-refractivity contribution in [2.45, 2.75) is 39.9 Å². The minimum atomic E-state index is -0.249. The van der Waals surface area contributed by atoms with Crippen LogP contribution in [0.3, 0.4) is 0 Å². The molecule has 2 aromatic rings. The van der Waals surface area contributed by atoms with Gasteiger partial charge in [-0.3, -0.25) is 4.79 Å². The summed E-state index contributed by atoms with van der Waals surface area (Å²) in [5.41, 5.74) is 3.67. The van der Waals surface area contributed by atoms with Gasteiger partial charge in [0.1, 0.15) is 5.76 Å². The van der Waals surface area contributed by atoms with Crippen LogP contribution in [0.1, 0.15) is 29.4 Å². The van der Waals surface area contributed by atoms with Crippen LogP contribution in [0.25, 0.3) is 0 Å². The summed E-state index contributed by atoms with van der Waals surface area (Å²) in [4.78, 5) is 12.0. The molecule has 0 saturated carbocycles. The lowest BCUT2D eigenvalue weighted by Crippen LogP contribution is -2.41. The molecule has 4 heteroatoms. The molecule has 1 unspecified atom stereocenters. The van der Waals surface area contributed by atoms with E-state index in [-0.39, 0.29) is 11.9 Å². The molecule has 1 aromatic carbocycles. The predicted octanol–water partition coefficient (Wildman–Crippen LogP) is 2.69.